The van der Waals surface area contributed by atoms with E-state index in [0.717, 1.165) is 16.6 Å². The maximum atomic E-state index is 12.1. The first-order valence-electron chi connectivity index (χ1n) is 8.25. The van der Waals surface area contributed by atoms with Crippen molar-refractivity contribution in [3.05, 3.63) is 58.6 Å². The van der Waals surface area contributed by atoms with Gasteiger partial charge in [-0.25, -0.2) is 0 Å². The molecular weight excluding hydrogens is 398 g/mol. The fourth-order valence-electron chi connectivity index (χ4n) is 2.21. The van der Waals surface area contributed by atoms with Gasteiger partial charge in [0.1, 0.15) is 0 Å². The normalized spacial score (nSPS) is 10.2. The van der Waals surface area contributed by atoms with Gasteiger partial charge in [-0.2, -0.15) is 0 Å². The van der Waals surface area contributed by atoms with Gasteiger partial charge in [0.25, 0.3) is 5.91 Å². The Bertz CT molecular complexity index is 735. The van der Waals surface area contributed by atoms with Crippen molar-refractivity contribution >= 4 is 39.1 Å². The van der Waals surface area contributed by atoms with E-state index in [1.807, 2.05) is 30.3 Å². The van der Waals surface area contributed by atoms with Crippen LogP contribution in [0, 0.1) is 0 Å². The molecular formula is C19H22BrN3O3. The number of nitrogens with one attached hydrogen (secondary N) is 3. The first-order valence-corrected chi connectivity index (χ1v) is 9.04. The molecule has 0 saturated carbocycles. The summed E-state index contributed by atoms with van der Waals surface area (Å²) in [6.07, 6.45) is 0.760. The topological polar surface area (TPSA) is 79.5 Å². The summed E-state index contributed by atoms with van der Waals surface area (Å²) in [5.74, 6) is -0.314. The summed E-state index contributed by atoms with van der Waals surface area (Å²) in [6.45, 7) is 1.27. The monoisotopic (exact) mass is 419 g/mol. The molecule has 0 aliphatic heterocycles. The number of hydrogen-bond acceptors (Lipinski definition) is 4. The third kappa shape index (κ3) is 6.85. The molecule has 0 saturated heterocycles. The smallest absolute Gasteiger partial charge is 0.251 e. The van der Waals surface area contributed by atoms with E-state index in [2.05, 4.69) is 31.9 Å². The highest BCUT2D eigenvalue weighted by Gasteiger charge is 2.07. The van der Waals surface area contributed by atoms with Crippen LogP contribution in [0.2, 0.25) is 0 Å². The highest BCUT2D eigenvalue weighted by molar-refractivity contribution is 9.10. The van der Waals surface area contributed by atoms with Crippen LogP contribution < -0.4 is 16.0 Å². The molecule has 2 rings (SSSR count). The molecule has 0 unspecified atom stereocenters. The predicted octanol–water partition coefficient (Wildman–Crippen LogP) is 3.27. The molecule has 0 bridgehead atoms. The molecule has 0 atom stereocenters. The highest BCUT2D eigenvalue weighted by Crippen LogP contribution is 2.14. The van der Waals surface area contributed by atoms with Crippen molar-refractivity contribution in [2.24, 2.45) is 0 Å². The summed E-state index contributed by atoms with van der Waals surface area (Å²) in [5, 5.41) is 8.66. The number of benzene rings is 2. The molecule has 0 aromatic heterocycles. The number of methoxy groups -OCH3 is 1. The number of carbonyl (C=O) groups is 2. The molecule has 0 heterocycles. The third-order valence-corrected chi connectivity index (χ3v) is 4.05. The largest absolute Gasteiger partial charge is 0.385 e. The Morgan fingerprint density at radius 1 is 1.08 bits per heavy atom. The number of rotatable bonds is 9. The minimum Gasteiger partial charge on any atom is -0.385 e. The predicted molar refractivity (Wildman–Crippen MR) is 107 cm³/mol. The van der Waals surface area contributed by atoms with Crippen molar-refractivity contribution in [2.75, 3.05) is 37.4 Å². The maximum Gasteiger partial charge on any atom is 0.251 e. The van der Waals surface area contributed by atoms with Crippen LogP contribution in [0.1, 0.15) is 16.8 Å². The van der Waals surface area contributed by atoms with E-state index in [1.54, 1.807) is 25.3 Å². The molecule has 6 nitrogen and oxygen atoms in total. The molecule has 2 aromatic carbocycles. The average molecular weight is 420 g/mol. The summed E-state index contributed by atoms with van der Waals surface area (Å²) < 4.78 is 5.90. The summed E-state index contributed by atoms with van der Waals surface area (Å²) in [7, 11) is 1.63. The van der Waals surface area contributed by atoms with Gasteiger partial charge >= 0.3 is 0 Å². The lowest BCUT2D eigenvalue weighted by Gasteiger charge is -2.10. The first kappa shape index (κ1) is 19.9. The van der Waals surface area contributed by atoms with Gasteiger partial charge < -0.3 is 20.7 Å². The van der Waals surface area contributed by atoms with Crippen molar-refractivity contribution in [2.45, 2.75) is 6.42 Å². The standard InChI is InChI=1S/C19H22BrN3O3/c1-26-11-3-10-21-19(25)14-4-2-5-17(12-14)22-13-18(24)23-16-8-6-15(20)7-9-16/h2,4-9,12,22H,3,10-11,13H2,1H3,(H,21,25)(H,23,24). The zero-order valence-corrected chi connectivity index (χ0v) is 16.1. The van der Waals surface area contributed by atoms with E-state index in [9.17, 15) is 9.59 Å². The molecule has 26 heavy (non-hydrogen) atoms. The zero-order valence-electron chi connectivity index (χ0n) is 14.5. The SMILES string of the molecule is COCCCNC(=O)c1cccc(NCC(=O)Nc2ccc(Br)cc2)c1. The molecule has 0 spiro atoms. The highest BCUT2D eigenvalue weighted by atomic mass is 79.9. The fraction of sp³-hybridized carbons (Fsp3) is 0.263. The second-order valence-corrected chi connectivity index (χ2v) is 6.51. The third-order valence-electron chi connectivity index (χ3n) is 3.52. The lowest BCUT2D eigenvalue weighted by Crippen LogP contribution is -2.25. The second-order valence-electron chi connectivity index (χ2n) is 5.59. The summed E-state index contributed by atoms with van der Waals surface area (Å²) >= 11 is 3.35. The number of amides is 2. The maximum absolute atomic E-state index is 12.1. The number of halogens is 1. The van der Waals surface area contributed by atoms with E-state index in [-0.39, 0.29) is 18.4 Å². The van der Waals surface area contributed by atoms with Gasteiger partial charge in [-0.1, -0.05) is 22.0 Å². The van der Waals surface area contributed by atoms with Crippen LogP contribution in [0.4, 0.5) is 11.4 Å². The van der Waals surface area contributed by atoms with Gasteiger partial charge in [0.2, 0.25) is 5.91 Å². The van der Waals surface area contributed by atoms with Gasteiger partial charge in [-0.05, 0) is 48.9 Å². The molecule has 3 N–H and O–H groups in total. The molecule has 0 radical (unpaired) electrons. The van der Waals surface area contributed by atoms with Gasteiger partial charge in [-0.3, -0.25) is 9.59 Å². The van der Waals surface area contributed by atoms with Crippen LogP contribution in [0.5, 0.6) is 0 Å². The van der Waals surface area contributed by atoms with E-state index in [4.69, 9.17) is 4.74 Å². The van der Waals surface area contributed by atoms with E-state index < -0.39 is 0 Å². The van der Waals surface area contributed by atoms with E-state index in [0.29, 0.717) is 24.4 Å². The molecule has 0 aliphatic rings. The van der Waals surface area contributed by atoms with Crippen LogP contribution in [0.3, 0.4) is 0 Å². The van der Waals surface area contributed by atoms with Crippen molar-refractivity contribution in [3.63, 3.8) is 0 Å². The van der Waals surface area contributed by atoms with Crippen molar-refractivity contribution < 1.29 is 14.3 Å². The Labute approximate surface area is 161 Å². The fourth-order valence-corrected chi connectivity index (χ4v) is 2.48. The van der Waals surface area contributed by atoms with Crippen LogP contribution in [-0.2, 0) is 9.53 Å². The van der Waals surface area contributed by atoms with Crippen LogP contribution in [0.25, 0.3) is 0 Å². The Kier molecular flexibility index (Phi) is 8.11. The van der Waals surface area contributed by atoms with Crippen LogP contribution in [-0.4, -0.2) is 38.6 Å². The Balaban J connectivity index is 1.82. The number of anilines is 2. The first-order chi connectivity index (χ1) is 12.6. The summed E-state index contributed by atoms with van der Waals surface area (Å²) in [5.41, 5.74) is 1.98. The number of ether oxygens (including phenoxy) is 1. The summed E-state index contributed by atoms with van der Waals surface area (Å²) in [4.78, 5) is 24.1. The lowest BCUT2D eigenvalue weighted by molar-refractivity contribution is -0.114. The van der Waals surface area contributed by atoms with Gasteiger partial charge in [-0.15, -0.1) is 0 Å². The van der Waals surface area contributed by atoms with E-state index >= 15 is 0 Å². The summed E-state index contributed by atoms with van der Waals surface area (Å²) in [6, 6.07) is 14.4. The second kappa shape index (κ2) is 10.6. The Hall–Kier alpha value is -2.38. The van der Waals surface area contributed by atoms with Gasteiger partial charge in [0.05, 0.1) is 6.54 Å². The Morgan fingerprint density at radius 3 is 2.58 bits per heavy atom. The minimum atomic E-state index is -0.165. The molecule has 2 amide bonds. The van der Waals surface area contributed by atoms with Crippen molar-refractivity contribution in [1.82, 2.24) is 5.32 Å². The molecule has 0 fully saturated rings. The van der Waals surface area contributed by atoms with E-state index in [1.165, 1.54) is 0 Å². The zero-order chi connectivity index (χ0) is 18.8. The molecule has 7 heteroatoms. The van der Waals surface area contributed by atoms with Gasteiger partial charge in [0.15, 0.2) is 0 Å². The van der Waals surface area contributed by atoms with Crippen molar-refractivity contribution in [3.8, 4) is 0 Å². The lowest BCUT2D eigenvalue weighted by atomic mass is 10.2. The molecule has 2 aromatic rings. The molecule has 0 aliphatic carbocycles. The Morgan fingerprint density at radius 2 is 1.85 bits per heavy atom. The average Bonchev–Trinajstić information content (AvgIpc) is 2.65. The van der Waals surface area contributed by atoms with Crippen molar-refractivity contribution in [1.29, 1.82) is 0 Å². The number of carbonyl (C=O) groups excluding carboxylic acids is 2. The van der Waals surface area contributed by atoms with Gasteiger partial charge in [0, 0.05) is 41.7 Å². The van der Waals surface area contributed by atoms with Crippen LogP contribution in [0.15, 0.2) is 53.0 Å². The minimum absolute atomic E-state index is 0.106. The molecule has 138 valence electrons. The number of hydrogen-bond donors (Lipinski definition) is 3. The quantitative estimate of drug-likeness (QED) is 0.544. The van der Waals surface area contributed by atoms with Crippen LogP contribution >= 0.6 is 15.9 Å².